The fraction of sp³-hybridized carbons (Fsp3) is 0.0667. The van der Waals surface area contributed by atoms with Crippen molar-refractivity contribution in [2.45, 2.75) is 6.42 Å². The number of rotatable bonds is 4. The van der Waals surface area contributed by atoms with Crippen LogP contribution in [0.2, 0.25) is 5.02 Å². The summed E-state index contributed by atoms with van der Waals surface area (Å²) in [4.78, 5) is 22.9. The minimum absolute atomic E-state index is 0.107. The Bertz CT molecular complexity index is 687. The van der Waals surface area contributed by atoms with Crippen LogP contribution in [0.3, 0.4) is 0 Å². The van der Waals surface area contributed by atoms with E-state index in [-0.39, 0.29) is 28.7 Å². The predicted molar refractivity (Wildman–Crippen MR) is 78.7 cm³/mol. The summed E-state index contributed by atoms with van der Waals surface area (Å²) in [5.41, 5.74) is 6.47. The van der Waals surface area contributed by atoms with Crippen LogP contribution in [0.5, 0.6) is 0 Å². The summed E-state index contributed by atoms with van der Waals surface area (Å²) in [6, 6.07) is 10.1. The second kappa shape index (κ2) is 6.37. The van der Waals surface area contributed by atoms with E-state index in [2.05, 4.69) is 5.32 Å². The number of nitrogens with two attached hydrogens (primary N) is 1. The van der Waals surface area contributed by atoms with E-state index < -0.39 is 5.91 Å². The van der Waals surface area contributed by atoms with E-state index in [4.69, 9.17) is 17.3 Å². The number of amides is 2. The number of primary amides is 1. The van der Waals surface area contributed by atoms with Crippen LogP contribution in [0.25, 0.3) is 0 Å². The summed E-state index contributed by atoms with van der Waals surface area (Å²) < 4.78 is 12.8. The molecule has 0 aromatic heterocycles. The first kappa shape index (κ1) is 15.0. The van der Waals surface area contributed by atoms with Crippen molar-refractivity contribution in [3.8, 4) is 0 Å². The number of carbonyl (C=O) groups is 2. The molecule has 0 aliphatic carbocycles. The van der Waals surface area contributed by atoms with E-state index in [9.17, 15) is 14.0 Å². The molecule has 0 saturated carbocycles. The Labute approximate surface area is 125 Å². The normalized spacial score (nSPS) is 10.2. The van der Waals surface area contributed by atoms with Crippen LogP contribution in [0.1, 0.15) is 15.9 Å². The van der Waals surface area contributed by atoms with Crippen LogP contribution < -0.4 is 11.1 Å². The third-order valence-corrected chi connectivity index (χ3v) is 3.11. The first-order valence-electron chi connectivity index (χ1n) is 6.09. The van der Waals surface area contributed by atoms with E-state index in [0.29, 0.717) is 11.3 Å². The molecule has 2 aromatic carbocycles. The van der Waals surface area contributed by atoms with E-state index in [1.165, 1.54) is 42.5 Å². The highest BCUT2D eigenvalue weighted by molar-refractivity contribution is 6.34. The van der Waals surface area contributed by atoms with Crippen molar-refractivity contribution in [3.05, 3.63) is 64.4 Å². The largest absolute Gasteiger partial charge is 0.366 e. The molecule has 0 fully saturated rings. The van der Waals surface area contributed by atoms with Crippen molar-refractivity contribution in [2.24, 2.45) is 5.73 Å². The van der Waals surface area contributed by atoms with Gasteiger partial charge in [0.15, 0.2) is 0 Å². The predicted octanol–water partition coefficient (Wildman–Crippen LogP) is 2.76. The molecule has 6 heteroatoms. The number of benzene rings is 2. The van der Waals surface area contributed by atoms with Crippen LogP contribution in [-0.4, -0.2) is 11.8 Å². The van der Waals surface area contributed by atoms with Crippen molar-refractivity contribution in [3.63, 3.8) is 0 Å². The first-order valence-corrected chi connectivity index (χ1v) is 6.47. The zero-order chi connectivity index (χ0) is 15.4. The molecule has 2 amide bonds. The number of hydrogen-bond acceptors (Lipinski definition) is 2. The summed E-state index contributed by atoms with van der Waals surface area (Å²) in [6.45, 7) is 0. The van der Waals surface area contributed by atoms with Crippen LogP contribution >= 0.6 is 11.6 Å². The van der Waals surface area contributed by atoms with Crippen molar-refractivity contribution in [2.75, 3.05) is 5.32 Å². The van der Waals surface area contributed by atoms with Gasteiger partial charge in [0.1, 0.15) is 5.82 Å². The van der Waals surface area contributed by atoms with Gasteiger partial charge >= 0.3 is 0 Å². The van der Waals surface area contributed by atoms with E-state index in [1.807, 2.05) is 0 Å². The number of hydrogen-bond donors (Lipinski definition) is 2. The molecule has 4 nitrogen and oxygen atoms in total. The molecular weight excluding hydrogens is 295 g/mol. The van der Waals surface area contributed by atoms with Gasteiger partial charge in [0.05, 0.1) is 17.0 Å². The third-order valence-electron chi connectivity index (χ3n) is 2.80. The number of anilines is 1. The Morgan fingerprint density at radius 3 is 2.38 bits per heavy atom. The van der Waals surface area contributed by atoms with Gasteiger partial charge in [0.2, 0.25) is 11.8 Å². The molecule has 3 N–H and O–H groups in total. The standard InChI is InChI=1S/C15H12ClFN2O2/c16-13-8-11(5-6-12(13)15(18)21)19-14(20)7-9-1-3-10(17)4-2-9/h1-6,8H,7H2,(H2,18,21)(H,19,20). The van der Waals surface area contributed by atoms with Crippen LogP contribution in [0.4, 0.5) is 10.1 Å². The lowest BCUT2D eigenvalue weighted by Gasteiger charge is -2.07. The molecule has 21 heavy (non-hydrogen) atoms. The van der Waals surface area contributed by atoms with Gasteiger partial charge in [-0.05, 0) is 35.9 Å². The molecule has 0 radical (unpaired) electrons. The van der Waals surface area contributed by atoms with Crippen LogP contribution in [-0.2, 0) is 11.2 Å². The lowest BCUT2D eigenvalue weighted by Crippen LogP contribution is -2.15. The van der Waals surface area contributed by atoms with Gasteiger partial charge in [-0.25, -0.2) is 4.39 Å². The average molecular weight is 307 g/mol. The summed E-state index contributed by atoms with van der Waals surface area (Å²) in [7, 11) is 0. The molecule has 0 saturated heterocycles. The Hall–Kier alpha value is -2.40. The van der Waals surface area contributed by atoms with Gasteiger partial charge in [0, 0.05) is 5.69 Å². The maximum absolute atomic E-state index is 12.8. The Balaban J connectivity index is 2.04. The maximum atomic E-state index is 12.8. The molecule has 2 rings (SSSR count). The smallest absolute Gasteiger partial charge is 0.250 e. The summed E-state index contributed by atoms with van der Waals surface area (Å²) in [5.74, 6) is -1.26. The molecule has 0 unspecified atom stereocenters. The Morgan fingerprint density at radius 1 is 1.14 bits per heavy atom. The fourth-order valence-electron chi connectivity index (χ4n) is 1.79. The highest BCUT2D eigenvalue weighted by atomic mass is 35.5. The molecule has 2 aromatic rings. The molecule has 0 atom stereocenters. The highest BCUT2D eigenvalue weighted by Crippen LogP contribution is 2.20. The van der Waals surface area contributed by atoms with Gasteiger partial charge < -0.3 is 11.1 Å². The summed E-state index contributed by atoms with van der Waals surface area (Å²) in [6.07, 6.45) is 0.107. The molecule has 0 bridgehead atoms. The van der Waals surface area contributed by atoms with Crippen molar-refractivity contribution in [1.82, 2.24) is 0 Å². The van der Waals surface area contributed by atoms with Crippen LogP contribution in [0.15, 0.2) is 42.5 Å². The van der Waals surface area contributed by atoms with Gasteiger partial charge in [-0.2, -0.15) is 0 Å². The second-order valence-corrected chi connectivity index (χ2v) is 4.82. The zero-order valence-electron chi connectivity index (χ0n) is 10.9. The Kier molecular flexibility index (Phi) is 4.55. The molecule has 0 spiro atoms. The number of nitrogens with one attached hydrogen (secondary N) is 1. The molecule has 0 aliphatic rings. The lowest BCUT2D eigenvalue weighted by atomic mass is 10.1. The van der Waals surface area contributed by atoms with Crippen molar-refractivity contribution < 1.29 is 14.0 Å². The van der Waals surface area contributed by atoms with Crippen LogP contribution in [0, 0.1) is 5.82 Å². The maximum Gasteiger partial charge on any atom is 0.250 e. The van der Waals surface area contributed by atoms with Gasteiger partial charge in [-0.3, -0.25) is 9.59 Å². The minimum Gasteiger partial charge on any atom is -0.366 e. The SMILES string of the molecule is NC(=O)c1ccc(NC(=O)Cc2ccc(F)cc2)cc1Cl. The molecule has 0 aliphatic heterocycles. The topological polar surface area (TPSA) is 72.2 Å². The highest BCUT2D eigenvalue weighted by Gasteiger charge is 2.09. The minimum atomic E-state index is -0.635. The van der Waals surface area contributed by atoms with Crippen molar-refractivity contribution >= 4 is 29.1 Å². The van der Waals surface area contributed by atoms with Gasteiger partial charge in [0.25, 0.3) is 0 Å². The lowest BCUT2D eigenvalue weighted by molar-refractivity contribution is -0.115. The van der Waals surface area contributed by atoms with Gasteiger partial charge in [-0.15, -0.1) is 0 Å². The summed E-state index contributed by atoms with van der Waals surface area (Å²) >= 11 is 5.89. The summed E-state index contributed by atoms with van der Waals surface area (Å²) in [5, 5.41) is 2.81. The number of carbonyl (C=O) groups excluding carboxylic acids is 2. The molecule has 108 valence electrons. The second-order valence-electron chi connectivity index (χ2n) is 4.41. The third kappa shape index (κ3) is 4.03. The van der Waals surface area contributed by atoms with E-state index in [0.717, 1.165) is 0 Å². The fourth-order valence-corrected chi connectivity index (χ4v) is 2.06. The van der Waals surface area contributed by atoms with Crippen molar-refractivity contribution in [1.29, 1.82) is 0 Å². The molecule has 0 heterocycles. The van der Waals surface area contributed by atoms with E-state index >= 15 is 0 Å². The number of halogens is 2. The molecular formula is C15H12ClFN2O2. The Morgan fingerprint density at radius 2 is 1.81 bits per heavy atom. The average Bonchev–Trinajstić information content (AvgIpc) is 2.41. The van der Waals surface area contributed by atoms with E-state index in [1.54, 1.807) is 0 Å². The van der Waals surface area contributed by atoms with Gasteiger partial charge in [-0.1, -0.05) is 23.7 Å². The monoisotopic (exact) mass is 306 g/mol. The quantitative estimate of drug-likeness (QED) is 0.911. The first-order chi connectivity index (χ1) is 9.95. The zero-order valence-corrected chi connectivity index (χ0v) is 11.7.